The molecule has 0 aromatic heterocycles. The zero-order valence-corrected chi connectivity index (χ0v) is 12.5. The highest BCUT2D eigenvalue weighted by Gasteiger charge is 2.01. The van der Waals surface area contributed by atoms with E-state index in [1.54, 1.807) is 24.4 Å². The summed E-state index contributed by atoms with van der Waals surface area (Å²) in [7, 11) is 0. The van der Waals surface area contributed by atoms with Crippen LogP contribution >= 0.6 is 27.5 Å². The van der Waals surface area contributed by atoms with Crippen LogP contribution in [0.2, 0.25) is 5.02 Å². The Labute approximate surface area is 125 Å². The van der Waals surface area contributed by atoms with Gasteiger partial charge in [-0.2, -0.15) is 5.10 Å². The van der Waals surface area contributed by atoms with E-state index < -0.39 is 0 Å². The summed E-state index contributed by atoms with van der Waals surface area (Å²) in [6.07, 6.45) is 1.56. The molecule has 0 atom stereocenters. The molecule has 0 spiro atoms. The predicted octanol–water partition coefficient (Wildman–Crippen LogP) is 4.56. The van der Waals surface area contributed by atoms with Crippen LogP contribution in [0.3, 0.4) is 0 Å². The molecule has 0 aliphatic heterocycles. The highest BCUT2D eigenvalue weighted by Crippen LogP contribution is 2.23. The summed E-state index contributed by atoms with van der Waals surface area (Å²) in [5.74, 6) is 0.177. The van der Waals surface area contributed by atoms with Crippen molar-refractivity contribution in [3.8, 4) is 5.75 Å². The second kappa shape index (κ2) is 6.08. The Morgan fingerprint density at radius 1 is 1.32 bits per heavy atom. The number of hydrazone groups is 1. The van der Waals surface area contributed by atoms with E-state index in [4.69, 9.17) is 11.6 Å². The van der Waals surface area contributed by atoms with E-state index in [1.807, 2.05) is 25.1 Å². The first-order valence-corrected chi connectivity index (χ1v) is 6.78. The van der Waals surface area contributed by atoms with Crippen molar-refractivity contribution >= 4 is 39.4 Å². The van der Waals surface area contributed by atoms with E-state index in [1.165, 1.54) is 0 Å². The summed E-state index contributed by atoms with van der Waals surface area (Å²) in [5.41, 5.74) is 5.30. The second-order valence-electron chi connectivity index (χ2n) is 3.99. The van der Waals surface area contributed by atoms with Crippen LogP contribution in [0.25, 0.3) is 0 Å². The Kier molecular flexibility index (Phi) is 4.45. The maximum Gasteiger partial charge on any atom is 0.124 e. The normalized spacial score (nSPS) is 10.9. The minimum absolute atomic E-state index is 0.177. The molecule has 0 aliphatic carbocycles. The number of phenols is 1. The fraction of sp³-hybridized carbons (Fsp3) is 0.0714. The van der Waals surface area contributed by atoms with Gasteiger partial charge in [0.25, 0.3) is 0 Å². The molecule has 0 bridgehead atoms. The van der Waals surface area contributed by atoms with Crippen molar-refractivity contribution in [2.24, 2.45) is 5.10 Å². The number of hydrogen-bond donors (Lipinski definition) is 2. The van der Waals surface area contributed by atoms with Gasteiger partial charge in [-0.15, -0.1) is 0 Å². The van der Waals surface area contributed by atoms with Gasteiger partial charge in [-0.3, -0.25) is 5.43 Å². The number of aromatic hydroxyl groups is 1. The van der Waals surface area contributed by atoms with Crippen LogP contribution in [0.1, 0.15) is 11.1 Å². The largest absolute Gasteiger partial charge is 0.507 e. The molecule has 2 N–H and O–H groups in total. The van der Waals surface area contributed by atoms with Crippen LogP contribution in [0.15, 0.2) is 46.0 Å². The smallest absolute Gasteiger partial charge is 0.124 e. The molecular weight excluding hydrogens is 328 g/mol. The lowest BCUT2D eigenvalue weighted by molar-refractivity contribution is 0.474. The number of rotatable bonds is 3. The Morgan fingerprint density at radius 2 is 2.11 bits per heavy atom. The summed E-state index contributed by atoms with van der Waals surface area (Å²) in [4.78, 5) is 0. The van der Waals surface area contributed by atoms with Gasteiger partial charge in [0.2, 0.25) is 0 Å². The molecule has 2 aromatic rings. The summed E-state index contributed by atoms with van der Waals surface area (Å²) in [6.45, 7) is 1.91. The topological polar surface area (TPSA) is 44.6 Å². The van der Waals surface area contributed by atoms with Crippen molar-refractivity contribution in [2.45, 2.75) is 6.92 Å². The number of halogens is 2. The van der Waals surface area contributed by atoms with Gasteiger partial charge in [0.05, 0.1) is 11.9 Å². The van der Waals surface area contributed by atoms with Gasteiger partial charge in [0.15, 0.2) is 0 Å². The SMILES string of the molecule is Cc1c(Cl)cccc1NN=Cc1cc(Br)ccc1O. The molecule has 98 valence electrons. The summed E-state index contributed by atoms with van der Waals surface area (Å²) in [6, 6.07) is 10.7. The van der Waals surface area contributed by atoms with E-state index in [0.29, 0.717) is 10.6 Å². The van der Waals surface area contributed by atoms with Crippen LogP contribution < -0.4 is 5.43 Å². The van der Waals surface area contributed by atoms with Crippen LogP contribution in [0.4, 0.5) is 5.69 Å². The molecule has 0 unspecified atom stereocenters. The molecule has 0 radical (unpaired) electrons. The summed E-state index contributed by atoms with van der Waals surface area (Å²) >= 11 is 9.36. The van der Waals surface area contributed by atoms with Crippen LogP contribution in [-0.4, -0.2) is 11.3 Å². The number of hydrogen-bond acceptors (Lipinski definition) is 3. The lowest BCUT2D eigenvalue weighted by Crippen LogP contribution is -1.93. The molecule has 0 amide bonds. The standard InChI is InChI=1S/C14H12BrClN2O/c1-9-12(16)3-2-4-13(9)18-17-8-10-7-11(15)5-6-14(10)19/h2-8,18-19H,1H3. The van der Waals surface area contributed by atoms with Gasteiger partial charge in [-0.05, 0) is 42.8 Å². The summed E-state index contributed by atoms with van der Waals surface area (Å²) in [5, 5.41) is 14.5. The van der Waals surface area contributed by atoms with Crippen molar-refractivity contribution in [2.75, 3.05) is 5.43 Å². The van der Waals surface area contributed by atoms with E-state index in [9.17, 15) is 5.11 Å². The third-order valence-corrected chi connectivity index (χ3v) is 3.55. The van der Waals surface area contributed by atoms with Crippen molar-refractivity contribution in [1.29, 1.82) is 0 Å². The van der Waals surface area contributed by atoms with Crippen molar-refractivity contribution < 1.29 is 5.11 Å². The molecule has 3 nitrogen and oxygen atoms in total. The Balaban J connectivity index is 2.16. The molecule has 5 heteroatoms. The maximum absolute atomic E-state index is 9.67. The fourth-order valence-corrected chi connectivity index (χ4v) is 2.08. The molecule has 0 saturated heterocycles. The maximum atomic E-state index is 9.67. The predicted molar refractivity (Wildman–Crippen MR) is 83.2 cm³/mol. The molecule has 2 rings (SSSR count). The number of nitrogens with one attached hydrogen (secondary N) is 1. The Morgan fingerprint density at radius 3 is 2.89 bits per heavy atom. The van der Waals surface area contributed by atoms with Crippen LogP contribution in [0, 0.1) is 6.92 Å². The average Bonchev–Trinajstić information content (AvgIpc) is 2.38. The lowest BCUT2D eigenvalue weighted by atomic mass is 10.2. The minimum atomic E-state index is 0.177. The van der Waals surface area contributed by atoms with Crippen LogP contribution in [-0.2, 0) is 0 Å². The molecule has 0 fully saturated rings. The van der Waals surface area contributed by atoms with E-state index >= 15 is 0 Å². The molecule has 19 heavy (non-hydrogen) atoms. The summed E-state index contributed by atoms with van der Waals surface area (Å²) < 4.78 is 0.880. The number of phenolic OH excluding ortho intramolecular Hbond substituents is 1. The first-order valence-electron chi connectivity index (χ1n) is 5.60. The number of nitrogens with zero attached hydrogens (tertiary/aromatic N) is 1. The van der Waals surface area contributed by atoms with Crippen LogP contribution in [0.5, 0.6) is 5.75 Å². The highest BCUT2D eigenvalue weighted by atomic mass is 79.9. The molecule has 0 heterocycles. The minimum Gasteiger partial charge on any atom is -0.507 e. The monoisotopic (exact) mass is 338 g/mol. The van der Waals surface area contributed by atoms with Crippen molar-refractivity contribution in [3.63, 3.8) is 0 Å². The van der Waals surface area contributed by atoms with Gasteiger partial charge in [-0.1, -0.05) is 33.6 Å². The van der Waals surface area contributed by atoms with Crippen molar-refractivity contribution in [1.82, 2.24) is 0 Å². The van der Waals surface area contributed by atoms with Gasteiger partial charge >= 0.3 is 0 Å². The van der Waals surface area contributed by atoms with Gasteiger partial charge in [0, 0.05) is 15.1 Å². The third kappa shape index (κ3) is 3.49. The third-order valence-electron chi connectivity index (χ3n) is 2.65. The zero-order chi connectivity index (χ0) is 13.8. The quantitative estimate of drug-likeness (QED) is 0.636. The molecule has 2 aromatic carbocycles. The highest BCUT2D eigenvalue weighted by molar-refractivity contribution is 9.10. The van der Waals surface area contributed by atoms with E-state index in [0.717, 1.165) is 15.7 Å². The van der Waals surface area contributed by atoms with Gasteiger partial charge < -0.3 is 5.11 Å². The fourth-order valence-electron chi connectivity index (χ4n) is 1.53. The first-order chi connectivity index (χ1) is 9.08. The average molecular weight is 340 g/mol. The Bertz CT molecular complexity index is 629. The molecule has 0 saturated carbocycles. The molecular formula is C14H12BrClN2O. The van der Waals surface area contributed by atoms with Gasteiger partial charge in [-0.25, -0.2) is 0 Å². The van der Waals surface area contributed by atoms with Crippen molar-refractivity contribution in [3.05, 3.63) is 57.0 Å². The second-order valence-corrected chi connectivity index (χ2v) is 5.31. The van der Waals surface area contributed by atoms with E-state index in [2.05, 4.69) is 26.5 Å². The zero-order valence-electron chi connectivity index (χ0n) is 10.2. The Hall–Kier alpha value is -1.52. The first kappa shape index (κ1) is 13.9. The lowest BCUT2D eigenvalue weighted by Gasteiger charge is -2.06. The number of benzene rings is 2. The van der Waals surface area contributed by atoms with Gasteiger partial charge in [0.1, 0.15) is 5.75 Å². The van der Waals surface area contributed by atoms with E-state index in [-0.39, 0.29) is 5.75 Å². The number of anilines is 1. The molecule has 0 aliphatic rings.